The van der Waals surface area contributed by atoms with Gasteiger partial charge in [0.1, 0.15) is 5.82 Å². The zero-order chi connectivity index (χ0) is 20.3. The Morgan fingerprint density at radius 1 is 1.46 bits per heavy atom. The average Bonchev–Trinajstić information content (AvgIpc) is 3.20. The van der Waals surface area contributed by atoms with E-state index in [0.29, 0.717) is 34.7 Å². The number of aromatic nitrogens is 3. The lowest BCUT2D eigenvalue weighted by Crippen LogP contribution is -2.23. The molecule has 1 aliphatic rings. The highest BCUT2D eigenvalue weighted by Crippen LogP contribution is 2.31. The first-order valence-electron chi connectivity index (χ1n) is 8.77. The number of hydrogen-bond donors (Lipinski definition) is 1. The van der Waals surface area contributed by atoms with E-state index in [1.54, 1.807) is 37.3 Å². The van der Waals surface area contributed by atoms with E-state index >= 15 is 0 Å². The van der Waals surface area contributed by atoms with Crippen molar-refractivity contribution >= 4 is 44.8 Å². The topological polar surface area (TPSA) is 93.9 Å². The molecule has 1 amide bonds. The number of sulfone groups is 1. The Balaban J connectivity index is 1.75. The SMILES string of the molecule is C=CCn1c(SC(C)C(=O)Nc2ccccc2Cl)nnc1C1CCS(=O)(=O)C1. The lowest BCUT2D eigenvalue weighted by molar-refractivity contribution is -0.115. The van der Waals surface area contributed by atoms with E-state index in [0.717, 1.165) is 0 Å². The normalized spacial score (nSPS) is 19.3. The summed E-state index contributed by atoms with van der Waals surface area (Å²) in [5.74, 6) is 0.477. The molecule has 2 heterocycles. The van der Waals surface area contributed by atoms with Crippen LogP contribution in [0, 0.1) is 0 Å². The van der Waals surface area contributed by atoms with Crippen LogP contribution in [0.25, 0.3) is 0 Å². The summed E-state index contributed by atoms with van der Waals surface area (Å²) in [6.07, 6.45) is 2.24. The van der Waals surface area contributed by atoms with Gasteiger partial charge in [-0.05, 0) is 25.5 Å². The summed E-state index contributed by atoms with van der Waals surface area (Å²) < 4.78 is 25.5. The molecular weight excluding hydrogens is 420 g/mol. The minimum Gasteiger partial charge on any atom is -0.324 e. The molecule has 0 spiro atoms. The number of carbonyl (C=O) groups excluding carboxylic acids is 1. The van der Waals surface area contributed by atoms with Crippen LogP contribution in [0.1, 0.15) is 25.1 Å². The molecule has 0 radical (unpaired) electrons. The third-order valence-corrected chi connectivity index (χ3v) is 7.62. The maximum Gasteiger partial charge on any atom is 0.237 e. The molecule has 28 heavy (non-hydrogen) atoms. The second-order valence-corrected chi connectivity index (χ2v) is 10.5. The second-order valence-electron chi connectivity index (χ2n) is 6.57. The average molecular weight is 441 g/mol. The monoisotopic (exact) mass is 440 g/mol. The van der Waals surface area contributed by atoms with Crippen LogP contribution in [0.2, 0.25) is 5.02 Å². The van der Waals surface area contributed by atoms with Crippen LogP contribution in [0.15, 0.2) is 42.1 Å². The Bertz CT molecular complexity index is 990. The quantitative estimate of drug-likeness (QED) is 0.525. The Labute approximate surface area is 173 Å². The fourth-order valence-electron chi connectivity index (χ4n) is 3.00. The number of halogens is 1. The predicted molar refractivity (Wildman–Crippen MR) is 112 cm³/mol. The largest absolute Gasteiger partial charge is 0.324 e. The van der Waals surface area contributed by atoms with Gasteiger partial charge in [0.25, 0.3) is 0 Å². The van der Waals surface area contributed by atoms with Gasteiger partial charge in [-0.1, -0.05) is 41.6 Å². The maximum atomic E-state index is 12.5. The molecule has 0 saturated carbocycles. The van der Waals surface area contributed by atoms with Crippen molar-refractivity contribution in [2.45, 2.75) is 36.2 Å². The molecule has 1 N–H and O–H groups in total. The Morgan fingerprint density at radius 2 is 2.21 bits per heavy atom. The number of benzene rings is 1. The lowest BCUT2D eigenvalue weighted by atomic mass is 10.1. The van der Waals surface area contributed by atoms with Crippen molar-refractivity contribution in [3.8, 4) is 0 Å². The van der Waals surface area contributed by atoms with Crippen LogP contribution in [0.3, 0.4) is 0 Å². The first kappa shape index (κ1) is 20.9. The number of amides is 1. The fraction of sp³-hybridized carbons (Fsp3) is 0.389. The van der Waals surface area contributed by atoms with Gasteiger partial charge in [-0.3, -0.25) is 4.79 Å². The van der Waals surface area contributed by atoms with Gasteiger partial charge in [-0.25, -0.2) is 8.42 Å². The van der Waals surface area contributed by atoms with Crippen LogP contribution >= 0.6 is 23.4 Å². The van der Waals surface area contributed by atoms with Crippen molar-refractivity contribution in [3.63, 3.8) is 0 Å². The zero-order valence-corrected chi connectivity index (χ0v) is 17.7. The highest BCUT2D eigenvalue weighted by atomic mass is 35.5. The number of carbonyl (C=O) groups is 1. The molecule has 1 fully saturated rings. The molecule has 2 atom stereocenters. The lowest BCUT2D eigenvalue weighted by Gasteiger charge is -2.14. The van der Waals surface area contributed by atoms with Crippen molar-refractivity contribution in [1.29, 1.82) is 0 Å². The number of thioether (sulfide) groups is 1. The molecule has 0 aliphatic carbocycles. The van der Waals surface area contributed by atoms with Gasteiger partial charge in [0.15, 0.2) is 15.0 Å². The van der Waals surface area contributed by atoms with Crippen LogP contribution in [0.4, 0.5) is 5.69 Å². The molecule has 1 aromatic carbocycles. The number of hydrogen-bond acceptors (Lipinski definition) is 6. The Hall–Kier alpha value is -1.84. The van der Waals surface area contributed by atoms with E-state index in [1.165, 1.54) is 11.8 Å². The van der Waals surface area contributed by atoms with E-state index in [1.807, 2.05) is 4.57 Å². The van der Waals surface area contributed by atoms with E-state index in [4.69, 9.17) is 11.6 Å². The predicted octanol–water partition coefficient (Wildman–Crippen LogP) is 3.14. The Kier molecular flexibility index (Phi) is 6.47. The molecule has 10 heteroatoms. The van der Waals surface area contributed by atoms with Crippen molar-refractivity contribution in [2.75, 3.05) is 16.8 Å². The number of allylic oxidation sites excluding steroid dienone is 1. The van der Waals surface area contributed by atoms with Gasteiger partial charge in [0.05, 0.1) is 27.5 Å². The molecule has 150 valence electrons. The minimum absolute atomic E-state index is 0.0789. The summed E-state index contributed by atoms with van der Waals surface area (Å²) in [5, 5.41) is 11.8. The van der Waals surface area contributed by atoms with Gasteiger partial charge in [0.2, 0.25) is 5.91 Å². The van der Waals surface area contributed by atoms with Gasteiger partial charge < -0.3 is 9.88 Å². The molecule has 3 rings (SSSR count). The minimum atomic E-state index is -3.03. The van der Waals surface area contributed by atoms with Crippen molar-refractivity contribution in [1.82, 2.24) is 14.8 Å². The molecule has 1 aromatic heterocycles. The van der Waals surface area contributed by atoms with Gasteiger partial charge in [-0.2, -0.15) is 0 Å². The van der Waals surface area contributed by atoms with Crippen molar-refractivity contribution in [2.24, 2.45) is 0 Å². The van der Waals surface area contributed by atoms with Gasteiger partial charge in [-0.15, -0.1) is 16.8 Å². The first-order chi connectivity index (χ1) is 13.3. The summed E-state index contributed by atoms with van der Waals surface area (Å²) in [5.41, 5.74) is 0.547. The molecule has 2 aromatic rings. The summed E-state index contributed by atoms with van der Waals surface area (Å²) in [7, 11) is -3.03. The number of nitrogens with zero attached hydrogens (tertiary/aromatic N) is 3. The Morgan fingerprint density at radius 3 is 2.86 bits per heavy atom. The fourth-order valence-corrected chi connectivity index (χ4v) is 5.78. The van der Waals surface area contributed by atoms with E-state index in [9.17, 15) is 13.2 Å². The summed E-state index contributed by atoms with van der Waals surface area (Å²) in [6.45, 7) is 5.97. The number of rotatable bonds is 7. The number of anilines is 1. The third kappa shape index (κ3) is 4.76. The molecular formula is C18H21ClN4O3S2. The molecule has 2 unspecified atom stereocenters. The smallest absolute Gasteiger partial charge is 0.237 e. The van der Waals surface area contributed by atoms with Crippen LogP contribution in [0.5, 0.6) is 0 Å². The highest BCUT2D eigenvalue weighted by molar-refractivity contribution is 8.00. The van der Waals surface area contributed by atoms with Crippen LogP contribution in [-0.2, 0) is 21.2 Å². The standard InChI is InChI=1S/C18H21ClN4O3S2/c1-3-9-23-16(13-8-10-28(25,26)11-13)21-22-18(23)27-12(2)17(24)20-15-7-5-4-6-14(15)19/h3-7,12-13H,1,8-11H2,2H3,(H,20,24). The molecule has 1 saturated heterocycles. The van der Waals surface area contributed by atoms with E-state index in [2.05, 4.69) is 22.1 Å². The van der Waals surface area contributed by atoms with Gasteiger partial charge >= 0.3 is 0 Å². The summed E-state index contributed by atoms with van der Waals surface area (Å²) >= 11 is 7.35. The van der Waals surface area contributed by atoms with Crippen molar-refractivity contribution in [3.05, 3.63) is 47.8 Å². The maximum absolute atomic E-state index is 12.5. The third-order valence-electron chi connectivity index (χ3n) is 4.44. The second kappa shape index (κ2) is 8.67. The number of para-hydroxylation sites is 1. The summed E-state index contributed by atoms with van der Waals surface area (Å²) in [4.78, 5) is 12.5. The molecule has 1 aliphatic heterocycles. The first-order valence-corrected chi connectivity index (χ1v) is 11.8. The highest BCUT2D eigenvalue weighted by Gasteiger charge is 2.33. The molecule has 0 bridgehead atoms. The van der Waals surface area contributed by atoms with Gasteiger partial charge in [0, 0.05) is 12.5 Å². The number of nitrogens with one attached hydrogen (secondary N) is 1. The van der Waals surface area contributed by atoms with Crippen molar-refractivity contribution < 1.29 is 13.2 Å². The molecule has 7 nitrogen and oxygen atoms in total. The summed E-state index contributed by atoms with van der Waals surface area (Å²) in [6, 6.07) is 7.02. The van der Waals surface area contributed by atoms with Crippen LogP contribution < -0.4 is 5.32 Å². The van der Waals surface area contributed by atoms with E-state index < -0.39 is 15.1 Å². The zero-order valence-electron chi connectivity index (χ0n) is 15.3. The van der Waals surface area contributed by atoms with E-state index in [-0.39, 0.29) is 23.3 Å². The van der Waals surface area contributed by atoms with Crippen LogP contribution in [-0.4, -0.2) is 45.8 Å².